The van der Waals surface area contributed by atoms with E-state index < -0.39 is 6.04 Å². The van der Waals surface area contributed by atoms with Gasteiger partial charge in [-0.05, 0) is 36.4 Å². The van der Waals surface area contributed by atoms with Crippen LogP contribution in [0.3, 0.4) is 0 Å². The van der Waals surface area contributed by atoms with Crippen LogP contribution >= 0.6 is 23.4 Å². The predicted octanol–water partition coefficient (Wildman–Crippen LogP) is 3.58. The fourth-order valence-electron chi connectivity index (χ4n) is 2.63. The van der Waals surface area contributed by atoms with Gasteiger partial charge in [0.1, 0.15) is 6.04 Å². The summed E-state index contributed by atoms with van der Waals surface area (Å²) in [6, 6.07) is 9.70. The number of aromatic nitrogens is 2. The van der Waals surface area contributed by atoms with Crippen molar-refractivity contribution in [2.45, 2.75) is 32.2 Å². The molecule has 0 unspecified atom stereocenters. The third-order valence-electron chi connectivity index (χ3n) is 4.22. The van der Waals surface area contributed by atoms with E-state index in [9.17, 15) is 9.59 Å². The molecule has 1 atom stereocenters. The first-order valence-corrected chi connectivity index (χ1v) is 10.1. The number of benzene rings is 1. The summed E-state index contributed by atoms with van der Waals surface area (Å²) in [6.45, 7) is 6.14. The molecule has 0 saturated carbocycles. The van der Waals surface area contributed by atoms with Crippen molar-refractivity contribution in [2.75, 3.05) is 16.9 Å². The van der Waals surface area contributed by atoms with Crippen LogP contribution in [0.15, 0.2) is 36.4 Å². The maximum Gasteiger partial charge on any atom is 0.255 e. The number of anilines is 1. The van der Waals surface area contributed by atoms with E-state index in [-0.39, 0.29) is 17.2 Å². The van der Waals surface area contributed by atoms with Crippen molar-refractivity contribution in [3.8, 4) is 0 Å². The molecule has 2 aromatic rings. The molecule has 1 aromatic heterocycles. The van der Waals surface area contributed by atoms with Crippen LogP contribution in [0, 0.1) is 0 Å². The van der Waals surface area contributed by atoms with Crippen molar-refractivity contribution in [3.05, 3.63) is 52.7 Å². The predicted molar refractivity (Wildman–Crippen MR) is 108 cm³/mol. The van der Waals surface area contributed by atoms with E-state index in [4.69, 9.17) is 11.6 Å². The van der Waals surface area contributed by atoms with Gasteiger partial charge < -0.3 is 10.2 Å². The smallest absolute Gasteiger partial charge is 0.255 e. The number of hydrogen-bond donors (Lipinski definition) is 1. The highest BCUT2D eigenvalue weighted by molar-refractivity contribution is 7.99. The Balaban J connectivity index is 1.70. The number of thioether (sulfide) groups is 1. The van der Waals surface area contributed by atoms with E-state index in [2.05, 4.69) is 15.5 Å². The maximum absolute atomic E-state index is 12.7. The molecule has 2 heterocycles. The zero-order valence-corrected chi connectivity index (χ0v) is 17.0. The Hall–Kier alpha value is -2.12. The van der Waals surface area contributed by atoms with Crippen LogP contribution in [-0.4, -0.2) is 44.6 Å². The number of halogens is 1. The van der Waals surface area contributed by atoms with Crippen molar-refractivity contribution >= 4 is 41.0 Å². The van der Waals surface area contributed by atoms with Gasteiger partial charge in [0.05, 0.1) is 11.6 Å². The normalized spacial score (nSPS) is 17.0. The van der Waals surface area contributed by atoms with Gasteiger partial charge in [-0.3, -0.25) is 9.59 Å². The summed E-state index contributed by atoms with van der Waals surface area (Å²) in [5.74, 6) is 0.933. The molecule has 1 saturated heterocycles. The summed E-state index contributed by atoms with van der Waals surface area (Å²) in [7, 11) is 0. The zero-order chi connectivity index (χ0) is 19.6. The van der Waals surface area contributed by atoms with Crippen molar-refractivity contribution in [1.82, 2.24) is 15.1 Å². The minimum absolute atomic E-state index is 0.112. The lowest BCUT2D eigenvalue weighted by Crippen LogP contribution is -2.44. The molecule has 3 rings (SSSR count). The highest BCUT2D eigenvalue weighted by Gasteiger charge is 2.35. The van der Waals surface area contributed by atoms with Crippen LogP contribution in [0.1, 0.15) is 36.8 Å². The largest absolute Gasteiger partial charge is 0.317 e. The summed E-state index contributed by atoms with van der Waals surface area (Å²) in [4.78, 5) is 27.0. The number of nitrogens with one attached hydrogen (secondary N) is 1. The Morgan fingerprint density at radius 2 is 1.85 bits per heavy atom. The summed E-state index contributed by atoms with van der Waals surface area (Å²) < 4.78 is 0. The van der Waals surface area contributed by atoms with Gasteiger partial charge >= 0.3 is 0 Å². The molecule has 0 bridgehead atoms. The van der Waals surface area contributed by atoms with Gasteiger partial charge in [-0.1, -0.05) is 32.4 Å². The molecule has 1 aromatic carbocycles. The second kappa shape index (κ2) is 7.86. The number of rotatable bonds is 3. The van der Waals surface area contributed by atoms with Gasteiger partial charge in [-0.25, -0.2) is 0 Å². The van der Waals surface area contributed by atoms with Crippen LogP contribution in [0.25, 0.3) is 0 Å². The van der Waals surface area contributed by atoms with E-state index in [1.807, 2.05) is 26.8 Å². The number of hydrogen-bond acceptors (Lipinski definition) is 5. The number of nitrogens with zero attached hydrogens (tertiary/aromatic N) is 3. The fraction of sp³-hybridized carbons (Fsp3) is 0.368. The lowest BCUT2D eigenvalue weighted by atomic mass is 9.92. The molecule has 0 spiro atoms. The van der Waals surface area contributed by atoms with E-state index >= 15 is 0 Å². The zero-order valence-electron chi connectivity index (χ0n) is 15.4. The molecule has 1 fully saturated rings. The minimum Gasteiger partial charge on any atom is -0.317 e. The van der Waals surface area contributed by atoms with Crippen molar-refractivity contribution in [3.63, 3.8) is 0 Å². The van der Waals surface area contributed by atoms with E-state index in [1.165, 1.54) is 0 Å². The molecule has 1 aliphatic heterocycles. The van der Waals surface area contributed by atoms with E-state index in [0.29, 0.717) is 28.0 Å². The standard InChI is InChI=1S/C19H21ClN4O2S/c1-19(2,3)15-8-9-16(23-22-15)21-17(25)14-10-27-11-24(14)18(26)12-4-6-13(20)7-5-12/h4-9,14H,10-11H2,1-3H3,(H,21,23,25)/t14-/m0/s1. The lowest BCUT2D eigenvalue weighted by molar-refractivity contribution is -0.119. The molecule has 142 valence electrons. The first-order chi connectivity index (χ1) is 12.8. The molecule has 0 aliphatic carbocycles. The SMILES string of the molecule is CC(C)(C)c1ccc(NC(=O)[C@@H]2CSCN2C(=O)c2ccc(Cl)cc2)nn1. The summed E-state index contributed by atoms with van der Waals surface area (Å²) in [6.07, 6.45) is 0. The molecule has 6 nitrogen and oxygen atoms in total. The minimum atomic E-state index is -0.553. The van der Waals surface area contributed by atoms with Crippen LogP contribution in [0.5, 0.6) is 0 Å². The van der Waals surface area contributed by atoms with E-state index in [0.717, 1.165) is 5.69 Å². The first-order valence-electron chi connectivity index (χ1n) is 8.55. The average Bonchev–Trinajstić information content (AvgIpc) is 3.11. The van der Waals surface area contributed by atoms with Gasteiger partial charge in [0.15, 0.2) is 5.82 Å². The van der Waals surface area contributed by atoms with Crippen LogP contribution in [0.4, 0.5) is 5.82 Å². The molecule has 27 heavy (non-hydrogen) atoms. The second-order valence-electron chi connectivity index (χ2n) is 7.34. The Bertz CT molecular complexity index is 834. The van der Waals surface area contributed by atoms with Crippen molar-refractivity contribution in [1.29, 1.82) is 0 Å². The number of amides is 2. The average molecular weight is 405 g/mol. The quantitative estimate of drug-likeness (QED) is 0.846. The van der Waals surface area contributed by atoms with Crippen LogP contribution < -0.4 is 5.32 Å². The van der Waals surface area contributed by atoms with Crippen LogP contribution in [0.2, 0.25) is 5.02 Å². The highest BCUT2D eigenvalue weighted by atomic mass is 35.5. The highest BCUT2D eigenvalue weighted by Crippen LogP contribution is 2.25. The summed E-state index contributed by atoms with van der Waals surface area (Å²) in [5, 5.41) is 11.6. The van der Waals surface area contributed by atoms with Gasteiger partial charge in [0.25, 0.3) is 5.91 Å². The maximum atomic E-state index is 12.7. The Labute approximate surface area is 167 Å². The van der Waals surface area contributed by atoms with Crippen LogP contribution in [-0.2, 0) is 10.2 Å². The molecule has 8 heteroatoms. The molecule has 0 radical (unpaired) electrons. The fourth-order valence-corrected chi connectivity index (χ4v) is 3.91. The molecule has 2 amide bonds. The Morgan fingerprint density at radius 3 is 2.44 bits per heavy atom. The molecular weight excluding hydrogens is 384 g/mol. The summed E-state index contributed by atoms with van der Waals surface area (Å²) >= 11 is 7.42. The van der Waals surface area contributed by atoms with Gasteiger partial charge in [0, 0.05) is 21.8 Å². The Kier molecular flexibility index (Phi) is 5.72. The van der Waals surface area contributed by atoms with Gasteiger partial charge in [0.2, 0.25) is 5.91 Å². The van der Waals surface area contributed by atoms with Crippen molar-refractivity contribution < 1.29 is 9.59 Å². The lowest BCUT2D eigenvalue weighted by Gasteiger charge is -2.23. The van der Waals surface area contributed by atoms with Gasteiger partial charge in [-0.15, -0.1) is 16.9 Å². The third-order valence-corrected chi connectivity index (χ3v) is 5.49. The summed E-state index contributed by atoms with van der Waals surface area (Å²) in [5.41, 5.74) is 1.24. The Morgan fingerprint density at radius 1 is 1.15 bits per heavy atom. The van der Waals surface area contributed by atoms with Crippen molar-refractivity contribution in [2.24, 2.45) is 0 Å². The molecular formula is C19H21ClN4O2S. The monoisotopic (exact) mass is 404 g/mol. The topological polar surface area (TPSA) is 75.2 Å². The third kappa shape index (κ3) is 4.59. The number of carbonyl (C=O) groups excluding carboxylic acids is 2. The first kappa shape index (κ1) is 19.6. The number of carbonyl (C=O) groups is 2. The molecule has 1 N–H and O–H groups in total. The second-order valence-corrected chi connectivity index (χ2v) is 8.78. The van der Waals surface area contributed by atoms with E-state index in [1.54, 1.807) is 47.0 Å². The van der Waals surface area contributed by atoms with Gasteiger partial charge in [-0.2, -0.15) is 5.10 Å². The molecule has 1 aliphatic rings.